The molecule has 0 aliphatic heterocycles. The Bertz CT molecular complexity index is 598. The molecular formula is C21H28N2O. The smallest absolute Gasteiger partial charge is 0.234 e. The molecule has 128 valence electrons. The van der Waals surface area contributed by atoms with Crippen molar-refractivity contribution >= 4 is 5.91 Å². The quantitative estimate of drug-likeness (QED) is 0.814. The number of carbonyl (C=O) groups excluding carboxylic acids is 1. The fourth-order valence-corrected chi connectivity index (χ4v) is 4.20. The Labute approximate surface area is 145 Å². The normalized spacial score (nSPS) is 20.6. The van der Waals surface area contributed by atoms with Gasteiger partial charge in [0, 0.05) is 12.6 Å². The lowest BCUT2D eigenvalue weighted by Crippen LogP contribution is -2.40. The van der Waals surface area contributed by atoms with Gasteiger partial charge in [-0.05, 0) is 42.7 Å². The average Bonchev–Trinajstić information content (AvgIpc) is 3.04. The SMILES string of the molecule is C#CCN(CC(=O)NCC1CCCCC1)C1CCc2ccccc21. The van der Waals surface area contributed by atoms with E-state index in [1.54, 1.807) is 0 Å². The molecule has 0 spiro atoms. The molecule has 0 bridgehead atoms. The Morgan fingerprint density at radius 1 is 1.21 bits per heavy atom. The van der Waals surface area contributed by atoms with Gasteiger partial charge in [-0.25, -0.2) is 0 Å². The van der Waals surface area contributed by atoms with Crippen LogP contribution in [0.1, 0.15) is 55.7 Å². The zero-order chi connectivity index (χ0) is 16.8. The number of aryl methyl sites for hydroxylation is 1. The third kappa shape index (κ3) is 4.19. The molecule has 0 saturated heterocycles. The Kier molecular flexibility index (Phi) is 5.93. The zero-order valence-electron chi connectivity index (χ0n) is 14.5. The molecule has 0 heterocycles. The lowest BCUT2D eigenvalue weighted by Gasteiger charge is -2.28. The highest BCUT2D eigenvalue weighted by Crippen LogP contribution is 2.35. The molecule has 1 unspecified atom stereocenters. The van der Waals surface area contributed by atoms with Gasteiger partial charge in [-0.1, -0.05) is 49.4 Å². The Balaban J connectivity index is 1.56. The Hall–Kier alpha value is -1.79. The number of hydrogen-bond donors (Lipinski definition) is 1. The van der Waals surface area contributed by atoms with E-state index in [2.05, 4.69) is 40.4 Å². The van der Waals surface area contributed by atoms with Crippen molar-refractivity contribution < 1.29 is 4.79 Å². The van der Waals surface area contributed by atoms with Crippen LogP contribution in [0.15, 0.2) is 24.3 Å². The fraction of sp³-hybridized carbons (Fsp3) is 0.571. The molecule has 0 aromatic heterocycles. The van der Waals surface area contributed by atoms with E-state index in [1.807, 2.05) is 0 Å². The van der Waals surface area contributed by atoms with Crippen LogP contribution >= 0.6 is 0 Å². The average molecular weight is 324 g/mol. The van der Waals surface area contributed by atoms with Gasteiger partial charge >= 0.3 is 0 Å². The summed E-state index contributed by atoms with van der Waals surface area (Å²) < 4.78 is 0. The first-order chi connectivity index (χ1) is 11.8. The molecule has 2 aliphatic carbocycles. The van der Waals surface area contributed by atoms with E-state index in [0.29, 0.717) is 19.0 Å². The van der Waals surface area contributed by atoms with Crippen LogP contribution in [-0.2, 0) is 11.2 Å². The number of nitrogens with zero attached hydrogens (tertiary/aromatic N) is 1. The molecule has 1 amide bonds. The predicted molar refractivity (Wildman–Crippen MR) is 97.5 cm³/mol. The van der Waals surface area contributed by atoms with Crippen molar-refractivity contribution in [3.8, 4) is 12.3 Å². The van der Waals surface area contributed by atoms with Gasteiger partial charge in [-0.3, -0.25) is 9.69 Å². The molecule has 1 saturated carbocycles. The van der Waals surface area contributed by atoms with Crippen LogP contribution in [0.25, 0.3) is 0 Å². The van der Waals surface area contributed by atoms with Crippen LogP contribution in [0, 0.1) is 18.3 Å². The summed E-state index contributed by atoms with van der Waals surface area (Å²) in [6.07, 6.45) is 14.2. The number of amides is 1. The maximum atomic E-state index is 12.4. The van der Waals surface area contributed by atoms with E-state index >= 15 is 0 Å². The third-order valence-corrected chi connectivity index (χ3v) is 5.50. The second-order valence-corrected chi connectivity index (χ2v) is 7.17. The van der Waals surface area contributed by atoms with Crippen LogP contribution in [0.5, 0.6) is 0 Å². The van der Waals surface area contributed by atoms with E-state index in [-0.39, 0.29) is 11.9 Å². The molecule has 3 heteroatoms. The van der Waals surface area contributed by atoms with Crippen molar-refractivity contribution in [2.75, 3.05) is 19.6 Å². The molecule has 0 radical (unpaired) electrons. The first kappa shape index (κ1) is 17.0. The van der Waals surface area contributed by atoms with Crippen molar-refractivity contribution in [3.63, 3.8) is 0 Å². The number of benzene rings is 1. The first-order valence-electron chi connectivity index (χ1n) is 9.30. The first-order valence-corrected chi connectivity index (χ1v) is 9.30. The lowest BCUT2D eigenvalue weighted by molar-refractivity contribution is -0.122. The molecule has 24 heavy (non-hydrogen) atoms. The molecule has 3 nitrogen and oxygen atoms in total. The van der Waals surface area contributed by atoms with Gasteiger partial charge in [0.25, 0.3) is 0 Å². The minimum absolute atomic E-state index is 0.111. The monoisotopic (exact) mass is 324 g/mol. The topological polar surface area (TPSA) is 32.3 Å². The van der Waals surface area contributed by atoms with Crippen molar-refractivity contribution in [2.45, 2.75) is 51.0 Å². The summed E-state index contributed by atoms with van der Waals surface area (Å²) in [7, 11) is 0. The van der Waals surface area contributed by atoms with E-state index < -0.39 is 0 Å². The van der Waals surface area contributed by atoms with Gasteiger partial charge in [-0.15, -0.1) is 6.42 Å². The highest BCUT2D eigenvalue weighted by Gasteiger charge is 2.28. The second-order valence-electron chi connectivity index (χ2n) is 7.17. The maximum absolute atomic E-state index is 12.4. The van der Waals surface area contributed by atoms with Gasteiger partial charge < -0.3 is 5.32 Å². The van der Waals surface area contributed by atoms with Crippen LogP contribution in [0.3, 0.4) is 0 Å². The largest absolute Gasteiger partial charge is 0.355 e. The van der Waals surface area contributed by atoms with E-state index in [4.69, 9.17) is 6.42 Å². The van der Waals surface area contributed by atoms with Crippen molar-refractivity contribution in [3.05, 3.63) is 35.4 Å². The number of rotatable bonds is 6. The van der Waals surface area contributed by atoms with E-state index in [9.17, 15) is 4.79 Å². The van der Waals surface area contributed by atoms with E-state index in [0.717, 1.165) is 19.4 Å². The van der Waals surface area contributed by atoms with Gasteiger partial charge in [-0.2, -0.15) is 0 Å². The summed E-state index contributed by atoms with van der Waals surface area (Å²) in [4.78, 5) is 14.6. The molecule has 3 rings (SSSR count). The number of fused-ring (bicyclic) bond motifs is 1. The molecule has 1 aromatic carbocycles. The maximum Gasteiger partial charge on any atom is 0.234 e. The third-order valence-electron chi connectivity index (χ3n) is 5.50. The number of hydrogen-bond acceptors (Lipinski definition) is 2. The number of nitrogens with one attached hydrogen (secondary N) is 1. The predicted octanol–water partition coefficient (Wildman–Crippen LogP) is 3.31. The summed E-state index contributed by atoms with van der Waals surface area (Å²) in [5, 5.41) is 3.14. The fourth-order valence-electron chi connectivity index (χ4n) is 4.20. The highest BCUT2D eigenvalue weighted by molar-refractivity contribution is 5.78. The van der Waals surface area contributed by atoms with E-state index in [1.165, 1.54) is 43.2 Å². The number of carbonyl (C=O) groups is 1. The minimum Gasteiger partial charge on any atom is -0.355 e. The summed E-state index contributed by atoms with van der Waals surface area (Å²) >= 11 is 0. The minimum atomic E-state index is 0.111. The molecule has 1 N–H and O–H groups in total. The standard InChI is InChI=1S/C21H28N2O/c1-2-14-23(20-13-12-18-10-6-7-11-19(18)20)16-21(24)22-15-17-8-4-3-5-9-17/h1,6-7,10-11,17,20H,3-5,8-9,12-16H2,(H,22,24). The Morgan fingerprint density at radius 2 is 2.00 bits per heavy atom. The highest BCUT2D eigenvalue weighted by atomic mass is 16.2. The Morgan fingerprint density at radius 3 is 2.79 bits per heavy atom. The lowest BCUT2D eigenvalue weighted by atomic mass is 9.89. The molecule has 1 fully saturated rings. The molecular weight excluding hydrogens is 296 g/mol. The summed E-state index contributed by atoms with van der Waals surface area (Å²) in [5.74, 6) is 3.51. The van der Waals surface area contributed by atoms with Crippen molar-refractivity contribution in [1.29, 1.82) is 0 Å². The van der Waals surface area contributed by atoms with Crippen molar-refractivity contribution in [1.82, 2.24) is 10.2 Å². The summed E-state index contributed by atoms with van der Waals surface area (Å²) in [5.41, 5.74) is 2.74. The second kappa shape index (κ2) is 8.35. The van der Waals surface area contributed by atoms with Gasteiger partial charge in [0.1, 0.15) is 0 Å². The van der Waals surface area contributed by atoms with Gasteiger partial charge in [0.2, 0.25) is 5.91 Å². The molecule has 2 aliphatic rings. The van der Waals surface area contributed by atoms with Crippen LogP contribution in [-0.4, -0.2) is 30.4 Å². The number of terminal acetylenes is 1. The summed E-state index contributed by atoms with van der Waals surface area (Å²) in [6.45, 7) is 1.75. The van der Waals surface area contributed by atoms with Gasteiger partial charge in [0.15, 0.2) is 0 Å². The van der Waals surface area contributed by atoms with Crippen LogP contribution in [0.2, 0.25) is 0 Å². The molecule has 1 aromatic rings. The summed E-state index contributed by atoms with van der Waals surface area (Å²) in [6, 6.07) is 8.80. The van der Waals surface area contributed by atoms with Crippen LogP contribution in [0.4, 0.5) is 0 Å². The molecule has 1 atom stereocenters. The van der Waals surface area contributed by atoms with Crippen LogP contribution < -0.4 is 5.32 Å². The van der Waals surface area contributed by atoms with Gasteiger partial charge in [0.05, 0.1) is 13.1 Å². The van der Waals surface area contributed by atoms with Crippen molar-refractivity contribution in [2.24, 2.45) is 5.92 Å². The zero-order valence-corrected chi connectivity index (χ0v) is 14.5.